The Hall–Kier alpha value is -8.65. The molecule has 0 amide bonds. The smallest absolute Gasteiger partial charge is 0.0715 e. The Balaban J connectivity index is 1.06. The number of aromatic nitrogens is 1. The summed E-state index contributed by atoms with van der Waals surface area (Å²) in [6.07, 6.45) is 0. The third-order valence-corrected chi connectivity index (χ3v) is 14.1. The van der Waals surface area contributed by atoms with Gasteiger partial charge < -0.3 is 0 Å². The van der Waals surface area contributed by atoms with E-state index in [1.54, 1.807) is 0 Å². The number of hydrogen-bond donors (Lipinski definition) is 0. The summed E-state index contributed by atoms with van der Waals surface area (Å²) < 4.78 is 0. The van der Waals surface area contributed by atoms with Crippen molar-refractivity contribution in [2.45, 2.75) is 5.41 Å². The van der Waals surface area contributed by atoms with Crippen LogP contribution in [0.4, 0.5) is 0 Å². The molecule has 12 aromatic rings. The van der Waals surface area contributed by atoms with Crippen LogP contribution in [0, 0.1) is 0 Å². The topological polar surface area (TPSA) is 12.9 Å². The summed E-state index contributed by atoms with van der Waals surface area (Å²) in [5, 5.41) is 7.62. The first-order valence-electron chi connectivity index (χ1n) is 23.2. The van der Waals surface area contributed by atoms with E-state index in [2.05, 4.69) is 261 Å². The molecule has 312 valence electrons. The summed E-state index contributed by atoms with van der Waals surface area (Å²) in [6, 6.07) is 95.8. The van der Waals surface area contributed by atoms with Crippen molar-refractivity contribution in [1.29, 1.82) is 0 Å². The normalized spacial score (nSPS) is 12.6. The van der Waals surface area contributed by atoms with E-state index in [0.29, 0.717) is 0 Å². The van der Waals surface area contributed by atoms with Crippen molar-refractivity contribution in [2.24, 2.45) is 0 Å². The van der Waals surface area contributed by atoms with E-state index in [4.69, 9.17) is 4.98 Å². The maximum atomic E-state index is 5.29. The lowest BCUT2D eigenvalue weighted by molar-refractivity contribution is 0.769. The zero-order chi connectivity index (χ0) is 44.3. The lowest BCUT2D eigenvalue weighted by Gasteiger charge is -2.34. The molecular weight excluding hydrogens is 807 g/mol. The molecule has 0 aliphatic heterocycles. The molecule has 67 heavy (non-hydrogen) atoms. The van der Waals surface area contributed by atoms with Crippen LogP contribution in [0.15, 0.2) is 261 Å². The molecule has 0 unspecified atom stereocenters. The number of fused-ring (bicyclic) bond motifs is 9. The van der Waals surface area contributed by atoms with Gasteiger partial charge in [-0.15, -0.1) is 0 Å². The average Bonchev–Trinajstić information content (AvgIpc) is 3.71. The van der Waals surface area contributed by atoms with E-state index >= 15 is 0 Å². The molecule has 1 heterocycles. The predicted octanol–water partition coefficient (Wildman–Crippen LogP) is 17.2. The highest BCUT2D eigenvalue weighted by atomic mass is 14.7. The standard InChI is InChI=1S/C66H43N/c1-5-19-44(20-6-1)49-40-64(46-21-7-2-8-22-46)67-65(41-49)47-35-33-45(34-36-47)58-42-61-57-31-17-18-32-62(57)66(50-23-9-3-10-24-50,51-25-11-4-12-26-51)63(61)43-59(58)48-37-38-56-54-29-14-13-27-52(54)53-28-15-16-30-55(53)60(56)39-48/h1-43H. The van der Waals surface area contributed by atoms with Gasteiger partial charge in [0, 0.05) is 11.1 Å². The predicted molar refractivity (Wildman–Crippen MR) is 281 cm³/mol. The zero-order valence-corrected chi connectivity index (χ0v) is 36.8. The molecule has 1 heteroatoms. The van der Waals surface area contributed by atoms with Gasteiger partial charge in [0.2, 0.25) is 0 Å². The third-order valence-electron chi connectivity index (χ3n) is 14.1. The lowest BCUT2D eigenvalue weighted by atomic mass is 9.67. The summed E-state index contributed by atoms with van der Waals surface area (Å²) in [6.45, 7) is 0. The summed E-state index contributed by atoms with van der Waals surface area (Å²) in [5.74, 6) is 0. The molecule has 1 aliphatic carbocycles. The molecule has 0 atom stereocenters. The van der Waals surface area contributed by atoms with Gasteiger partial charge in [-0.1, -0.05) is 231 Å². The summed E-state index contributed by atoms with van der Waals surface area (Å²) in [5.41, 5.74) is 18.2. The molecule has 0 N–H and O–H groups in total. The molecule has 0 saturated carbocycles. The van der Waals surface area contributed by atoms with E-state index in [-0.39, 0.29) is 0 Å². The van der Waals surface area contributed by atoms with Crippen molar-refractivity contribution in [3.63, 3.8) is 0 Å². The number of benzene rings is 11. The van der Waals surface area contributed by atoms with Crippen LogP contribution < -0.4 is 0 Å². The minimum absolute atomic E-state index is 0.531. The molecule has 1 nitrogen and oxygen atoms in total. The SMILES string of the molecule is c1ccc(-c2cc(-c3ccccc3)nc(-c3ccc(-c4cc5c(cc4-c4ccc6c7ccccc7c7ccccc7c6c4)C(c4ccccc4)(c4ccccc4)c4ccccc4-5)cc3)c2)cc1. The van der Waals surface area contributed by atoms with Crippen molar-refractivity contribution in [1.82, 2.24) is 4.98 Å². The first-order valence-corrected chi connectivity index (χ1v) is 23.2. The molecule has 0 spiro atoms. The monoisotopic (exact) mass is 849 g/mol. The zero-order valence-electron chi connectivity index (χ0n) is 36.8. The van der Waals surface area contributed by atoms with Crippen LogP contribution in [0.1, 0.15) is 22.3 Å². The van der Waals surface area contributed by atoms with Gasteiger partial charge in [-0.3, -0.25) is 0 Å². The Kier molecular flexibility index (Phi) is 9.15. The van der Waals surface area contributed by atoms with Gasteiger partial charge in [0.25, 0.3) is 0 Å². The second-order valence-corrected chi connectivity index (χ2v) is 17.8. The van der Waals surface area contributed by atoms with Crippen molar-refractivity contribution >= 4 is 32.3 Å². The van der Waals surface area contributed by atoms with Crippen LogP contribution in [0.25, 0.3) is 99.3 Å². The van der Waals surface area contributed by atoms with Gasteiger partial charge in [-0.25, -0.2) is 4.98 Å². The fourth-order valence-corrected chi connectivity index (χ4v) is 11.1. The number of nitrogens with zero attached hydrogens (tertiary/aromatic N) is 1. The van der Waals surface area contributed by atoms with Crippen molar-refractivity contribution in [3.05, 3.63) is 283 Å². The molecule has 13 rings (SSSR count). The second kappa shape index (κ2) is 15.8. The van der Waals surface area contributed by atoms with E-state index in [1.807, 2.05) is 0 Å². The summed E-state index contributed by atoms with van der Waals surface area (Å²) in [4.78, 5) is 5.29. The first-order chi connectivity index (χ1) is 33.2. The van der Waals surface area contributed by atoms with Crippen LogP contribution in [-0.4, -0.2) is 4.98 Å². The van der Waals surface area contributed by atoms with Crippen LogP contribution in [0.2, 0.25) is 0 Å². The minimum atomic E-state index is -0.531. The highest BCUT2D eigenvalue weighted by Gasteiger charge is 2.46. The van der Waals surface area contributed by atoms with Gasteiger partial charge >= 0.3 is 0 Å². The van der Waals surface area contributed by atoms with Gasteiger partial charge in [-0.2, -0.15) is 0 Å². The van der Waals surface area contributed by atoms with Gasteiger partial charge in [-0.05, 0) is 129 Å². The third kappa shape index (κ3) is 6.27. The molecule has 1 aromatic heterocycles. The number of hydrogen-bond acceptors (Lipinski definition) is 1. The van der Waals surface area contributed by atoms with Crippen LogP contribution >= 0.6 is 0 Å². The van der Waals surface area contributed by atoms with Crippen LogP contribution in [0.5, 0.6) is 0 Å². The Morgan fingerprint density at radius 3 is 1.25 bits per heavy atom. The molecule has 0 fully saturated rings. The number of pyridine rings is 1. The molecule has 1 aliphatic rings. The molecule has 0 saturated heterocycles. The molecule has 0 radical (unpaired) electrons. The Labute approximate surface area is 391 Å². The van der Waals surface area contributed by atoms with Gasteiger partial charge in [0.15, 0.2) is 0 Å². The van der Waals surface area contributed by atoms with E-state index in [0.717, 1.165) is 33.6 Å². The second-order valence-electron chi connectivity index (χ2n) is 17.8. The maximum absolute atomic E-state index is 5.29. The number of rotatable bonds is 7. The molecule has 0 bridgehead atoms. The Bertz CT molecular complexity index is 3690. The van der Waals surface area contributed by atoms with E-state index in [9.17, 15) is 0 Å². The van der Waals surface area contributed by atoms with Crippen LogP contribution in [-0.2, 0) is 5.41 Å². The van der Waals surface area contributed by atoms with Crippen molar-refractivity contribution in [3.8, 4) is 67.0 Å². The van der Waals surface area contributed by atoms with Crippen molar-refractivity contribution in [2.75, 3.05) is 0 Å². The minimum Gasteiger partial charge on any atom is -0.248 e. The fourth-order valence-electron chi connectivity index (χ4n) is 11.1. The van der Waals surface area contributed by atoms with Crippen molar-refractivity contribution < 1.29 is 0 Å². The highest BCUT2D eigenvalue weighted by Crippen LogP contribution is 2.58. The van der Waals surface area contributed by atoms with Gasteiger partial charge in [0.05, 0.1) is 16.8 Å². The largest absolute Gasteiger partial charge is 0.248 e. The summed E-state index contributed by atoms with van der Waals surface area (Å²) >= 11 is 0. The lowest BCUT2D eigenvalue weighted by Crippen LogP contribution is -2.28. The Morgan fingerprint density at radius 2 is 0.657 bits per heavy atom. The summed E-state index contributed by atoms with van der Waals surface area (Å²) in [7, 11) is 0. The van der Waals surface area contributed by atoms with Crippen LogP contribution in [0.3, 0.4) is 0 Å². The molecule has 11 aromatic carbocycles. The first kappa shape index (κ1) is 38.8. The van der Waals surface area contributed by atoms with E-state index in [1.165, 1.54) is 88.0 Å². The highest BCUT2D eigenvalue weighted by molar-refractivity contribution is 6.25. The van der Waals surface area contributed by atoms with E-state index < -0.39 is 5.41 Å². The Morgan fingerprint density at radius 1 is 0.224 bits per heavy atom. The fraction of sp³-hybridized carbons (Fsp3) is 0.0152. The molecular formula is C66H43N. The maximum Gasteiger partial charge on any atom is 0.0715 e. The van der Waals surface area contributed by atoms with Gasteiger partial charge in [0.1, 0.15) is 0 Å². The average molecular weight is 850 g/mol. The quantitative estimate of drug-likeness (QED) is 0.146.